The van der Waals surface area contributed by atoms with Gasteiger partial charge in [0.25, 0.3) is 0 Å². The van der Waals surface area contributed by atoms with Gasteiger partial charge in [-0.25, -0.2) is 0 Å². The SMILES string of the molecule is C[C@]1(C(=O)Nc2cc(C(F)(F)F)ccc2Oc2ccc3c(c2)OCO3)CC1(Cl)Cl. The van der Waals surface area contributed by atoms with Crippen LogP contribution in [0.2, 0.25) is 0 Å². The molecular weight excluding hydrogens is 434 g/mol. The highest BCUT2D eigenvalue weighted by molar-refractivity contribution is 6.53. The topological polar surface area (TPSA) is 56.8 Å². The van der Waals surface area contributed by atoms with Gasteiger partial charge < -0.3 is 19.5 Å². The lowest BCUT2D eigenvalue weighted by Gasteiger charge is -2.18. The number of amides is 1. The van der Waals surface area contributed by atoms with Gasteiger partial charge in [-0.05, 0) is 43.7 Å². The lowest BCUT2D eigenvalue weighted by molar-refractivity contribution is -0.137. The molecule has 1 N–H and O–H groups in total. The van der Waals surface area contributed by atoms with Crippen molar-refractivity contribution in [2.75, 3.05) is 12.1 Å². The molecule has 1 aliphatic heterocycles. The molecule has 0 radical (unpaired) electrons. The third kappa shape index (κ3) is 3.67. The van der Waals surface area contributed by atoms with Crippen molar-refractivity contribution in [1.29, 1.82) is 0 Å². The number of ether oxygens (including phenoxy) is 3. The van der Waals surface area contributed by atoms with Crippen LogP contribution in [0.5, 0.6) is 23.0 Å². The molecule has 1 aliphatic carbocycles. The molecule has 0 aromatic heterocycles. The number of carbonyl (C=O) groups is 1. The van der Waals surface area contributed by atoms with Crippen molar-refractivity contribution in [1.82, 2.24) is 0 Å². The summed E-state index contributed by atoms with van der Waals surface area (Å²) in [6.07, 6.45) is -4.41. The number of hydrogen-bond donors (Lipinski definition) is 1. The third-order valence-corrected chi connectivity index (χ3v) is 5.99. The number of benzene rings is 2. The highest BCUT2D eigenvalue weighted by atomic mass is 35.5. The summed E-state index contributed by atoms with van der Waals surface area (Å²) in [5.41, 5.74) is -2.20. The summed E-state index contributed by atoms with van der Waals surface area (Å²) >= 11 is 12.0. The minimum Gasteiger partial charge on any atom is -0.455 e. The van der Waals surface area contributed by atoms with E-state index in [2.05, 4.69) is 5.32 Å². The van der Waals surface area contributed by atoms with Gasteiger partial charge in [0, 0.05) is 6.07 Å². The van der Waals surface area contributed by atoms with Crippen molar-refractivity contribution in [2.45, 2.75) is 23.9 Å². The van der Waals surface area contributed by atoms with E-state index in [1.165, 1.54) is 13.0 Å². The number of halogens is 5. The third-order valence-electron chi connectivity index (χ3n) is 4.89. The van der Waals surface area contributed by atoms with Gasteiger partial charge in [-0.3, -0.25) is 4.79 Å². The molecule has 1 atom stereocenters. The maximum atomic E-state index is 13.2. The van der Waals surface area contributed by atoms with Gasteiger partial charge in [-0.1, -0.05) is 0 Å². The van der Waals surface area contributed by atoms with Crippen LogP contribution in [0.3, 0.4) is 0 Å². The van der Waals surface area contributed by atoms with Crippen LogP contribution >= 0.6 is 23.2 Å². The summed E-state index contributed by atoms with van der Waals surface area (Å²) in [6.45, 7) is 1.60. The summed E-state index contributed by atoms with van der Waals surface area (Å²) in [7, 11) is 0. The molecule has 29 heavy (non-hydrogen) atoms. The van der Waals surface area contributed by atoms with Crippen molar-refractivity contribution in [3.63, 3.8) is 0 Å². The molecule has 10 heteroatoms. The van der Waals surface area contributed by atoms with Crippen molar-refractivity contribution < 1.29 is 32.2 Å². The summed E-state index contributed by atoms with van der Waals surface area (Å²) in [5.74, 6) is 0.688. The number of fused-ring (bicyclic) bond motifs is 1. The molecule has 1 saturated carbocycles. The van der Waals surface area contributed by atoms with E-state index in [1.807, 2.05) is 0 Å². The van der Waals surface area contributed by atoms with Gasteiger partial charge in [-0.2, -0.15) is 13.2 Å². The largest absolute Gasteiger partial charge is 0.455 e. The smallest absolute Gasteiger partial charge is 0.416 e. The Morgan fingerprint density at radius 2 is 1.83 bits per heavy atom. The van der Waals surface area contributed by atoms with Crippen LogP contribution in [-0.2, 0) is 11.0 Å². The maximum absolute atomic E-state index is 13.2. The average molecular weight is 448 g/mol. The highest BCUT2D eigenvalue weighted by Gasteiger charge is 2.68. The summed E-state index contributed by atoms with van der Waals surface area (Å²) in [4.78, 5) is 12.6. The summed E-state index contributed by atoms with van der Waals surface area (Å²) in [6, 6.07) is 7.52. The van der Waals surface area contributed by atoms with Gasteiger partial charge in [0.2, 0.25) is 12.7 Å². The zero-order valence-corrected chi connectivity index (χ0v) is 16.4. The van der Waals surface area contributed by atoms with Crippen molar-refractivity contribution in [3.05, 3.63) is 42.0 Å². The molecule has 2 aromatic rings. The second-order valence-electron chi connectivity index (χ2n) is 6.99. The molecule has 1 fully saturated rings. The standard InChI is InChI=1S/C19H14Cl2F3NO4/c1-17(8-18(17,20)21)16(26)25-12-6-10(19(22,23)24)2-4-13(12)29-11-3-5-14-15(7-11)28-9-27-14/h2-7H,8-9H2,1H3,(H,25,26)/t17-/m1/s1. The van der Waals surface area contributed by atoms with Crippen molar-refractivity contribution in [3.8, 4) is 23.0 Å². The summed E-state index contributed by atoms with van der Waals surface area (Å²) < 4.78 is 54.4. The molecule has 4 rings (SSSR count). The second-order valence-corrected chi connectivity index (χ2v) is 8.48. The molecule has 0 spiro atoms. The lowest BCUT2D eigenvalue weighted by atomic mass is 10.1. The zero-order chi connectivity index (χ0) is 21.0. The van der Waals surface area contributed by atoms with Crippen LogP contribution in [0.4, 0.5) is 18.9 Å². The highest BCUT2D eigenvalue weighted by Crippen LogP contribution is 2.64. The first-order valence-corrected chi connectivity index (χ1v) is 9.23. The van der Waals surface area contributed by atoms with Crippen molar-refractivity contribution >= 4 is 34.8 Å². The first-order valence-electron chi connectivity index (χ1n) is 8.48. The van der Waals surface area contributed by atoms with E-state index in [0.29, 0.717) is 17.2 Å². The van der Waals surface area contributed by atoms with Crippen molar-refractivity contribution in [2.24, 2.45) is 5.41 Å². The van der Waals surface area contributed by atoms with Crippen LogP contribution in [0.15, 0.2) is 36.4 Å². The minimum absolute atomic E-state index is 0.0178. The Hall–Kier alpha value is -2.32. The number of anilines is 1. The number of alkyl halides is 5. The Kier molecular flexibility index (Phi) is 4.55. The van der Waals surface area contributed by atoms with Gasteiger partial charge in [-0.15, -0.1) is 23.2 Å². The van der Waals surface area contributed by atoms with Crippen LogP contribution in [0, 0.1) is 5.41 Å². The number of hydrogen-bond acceptors (Lipinski definition) is 4. The number of nitrogens with one attached hydrogen (secondary N) is 1. The molecule has 2 aromatic carbocycles. The Morgan fingerprint density at radius 3 is 2.48 bits per heavy atom. The minimum atomic E-state index is -4.59. The Balaban J connectivity index is 1.65. The molecule has 1 heterocycles. The van der Waals surface area contributed by atoms with Crippen LogP contribution in [0.25, 0.3) is 0 Å². The molecule has 2 aliphatic rings. The second kappa shape index (κ2) is 6.60. The Morgan fingerprint density at radius 1 is 1.14 bits per heavy atom. The Bertz CT molecular complexity index is 996. The maximum Gasteiger partial charge on any atom is 0.416 e. The van der Waals surface area contributed by atoms with Crippen LogP contribution < -0.4 is 19.5 Å². The monoisotopic (exact) mass is 447 g/mol. The molecule has 0 unspecified atom stereocenters. The molecule has 154 valence electrons. The van der Waals surface area contributed by atoms with Crippen LogP contribution in [-0.4, -0.2) is 17.0 Å². The molecule has 0 saturated heterocycles. The fourth-order valence-electron chi connectivity index (χ4n) is 2.87. The van der Waals surface area contributed by atoms with E-state index in [1.54, 1.807) is 12.1 Å². The molecule has 1 amide bonds. The van der Waals surface area contributed by atoms with E-state index >= 15 is 0 Å². The predicted molar refractivity (Wildman–Crippen MR) is 99.9 cm³/mol. The van der Waals surface area contributed by atoms with E-state index in [9.17, 15) is 18.0 Å². The van der Waals surface area contributed by atoms with E-state index in [4.69, 9.17) is 37.4 Å². The van der Waals surface area contributed by atoms with Gasteiger partial charge in [0.15, 0.2) is 17.2 Å². The van der Waals surface area contributed by atoms with E-state index in [0.717, 1.165) is 18.2 Å². The summed E-state index contributed by atoms with van der Waals surface area (Å²) in [5, 5.41) is 2.46. The quantitative estimate of drug-likeness (QED) is 0.606. The zero-order valence-electron chi connectivity index (χ0n) is 14.9. The lowest BCUT2D eigenvalue weighted by Crippen LogP contribution is -2.26. The first kappa shape index (κ1) is 20.0. The van der Waals surface area contributed by atoms with E-state index in [-0.39, 0.29) is 24.7 Å². The molecule has 0 bridgehead atoms. The molecular formula is C19H14Cl2F3NO4. The van der Waals surface area contributed by atoms with Gasteiger partial charge in [0.05, 0.1) is 16.7 Å². The predicted octanol–water partition coefficient (Wildman–Crippen LogP) is 5.75. The fourth-order valence-corrected chi connectivity index (χ4v) is 3.57. The van der Waals surface area contributed by atoms with Crippen LogP contribution in [0.1, 0.15) is 18.9 Å². The van der Waals surface area contributed by atoms with Gasteiger partial charge >= 0.3 is 6.18 Å². The normalized spacial score (nSPS) is 21.6. The van der Waals surface area contributed by atoms with E-state index < -0.39 is 27.4 Å². The Labute approximate surface area is 173 Å². The number of rotatable bonds is 4. The molecule has 5 nitrogen and oxygen atoms in total. The fraction of sp³-hybridized carbons (Fsp3) is 0.316. The first-order chi connectivity index (χ1) is 13.5. The van der Waals surface area contributed by atoms with Gasteiger partial charge in [0.1, 0.15) is 10.1 Å². The average Bonchev–Trinajstić information content (AvgIpc) is 2.96. The number of carbonyl (C=O) groups excluding carboxylic acids is 1.